The lowest BCUT2D eigenvalue weighted by atomic mass is 9.68. The monoisotopic (exact) mass is 308 g/mol. The molecule has 2 aromatic carbocycles. The fourth-order valence-electron chi connectivity index (χ4n) is 3.60. The zero-order valence-electron chi connectivity index (χ0n) is 13.9. The molecule has 1 atom stereocenters. The highest BCUT2D eigenvalue weighted by Crippen LogP contribution is 2.40. The van der Waals surface area contributed by atoms with Crippen LogP contribution >= 0.6 is 0 Å². The van der Waals surface area contributed by atoms with Crippen molar-refractivity contribution in [3.63, 3.8) is 0 Å². The highest BCUT2D eigenvalue weighted by atomic mass is 16.1. The zero-order chi connectivity index (χ0) is 16.3. The van der Waals surface area contributed by atoms with Gasteiger partial charge in [0.15, 0.2) is 0 Å². The minimum Gasteiger partial charge on any atom is -0.351 e. The Morgan fingerprint density at radius 3 is 2.48 bits per heavy atom. The Kier molecular flexibility index (Phi) is 4.49. The van der Waals surface area contributed by atoms with Crippen molar-refractivity contribution in [1.82, 2.24) is 10.2 Å². The number of amides is 1. The number of hydrogen-bond donors (Lipinski definition) is 1. The largest absolute Gasteiger partial charge is 0.351 e. The van der Waals surface area contributed by atoms with E-state index in [1.165, 1.54) is 5.56 Å². The molecule has 0 radical (unpaired) electrons. The SMILES string of the molecule is CN(C)CCCC1(c2ccccc2)CNC(=O)c2ccccc21. The van der Waals surface area contributed by atoms with Crippen LogP contribution in [0.5, 0.6) is 0 Å². The molecule has 3 rings (SSSR count). The Balaban J connectivity index is 2.06. The smallest absolute Gasteiger partial charge is 0.251 e. The molecule has 0 spiro atoms. The summed E-state index contributed by atoms with van der Waals surface area (Å²) in [6.07, 6.45) is 2.11. The molecule has 0 fully saturated rings. The van der Waals surface area contributed by atoms with Crippen molar-refractivity contribution in [2.45, 2.75) is 18.3 Å². The van der Waals surface area contributed by atoms with E-state index in [0.29, 0.717) is 6.54 Å². The van der Waals surface area contributed by atoms with Gasteiger partial charge >= 0.3 is 0 Å². The van der Waals surface area contributed by atoms with Gasteiger partial charge in [-0.3, -0.25) is 4.79 Å². The lowest BCUT2D eigenvalue weighted by Crippen LogP contribution is -2.47. The molecule has 0 aromatic heterocycles. The van der Waals surface area contributed by atoms with Crippen LogP contribution in [0.25, 0.3) is 0 Å². The van der Waals surface area contributed by atoms with Gasteiger partial charge in [0.25, 0.3) is 5.91 Å². The number of hydrogen-bond acceptors (Lipinski definition) is 2. The van der Waals surface area contributed by atoms with Crippen LogP contribution in [0, 0.1) is 0 Å². The van der Waals surface area contributed by atoms with Crippen LogP contribution in [-0.2, 0) is 5.41 Å². The van der Waals surface area contributed by atoms with Crippen molar-refractivity contribution in [3.05, 3.63) is 71.3 Å². The fraction of sp³-hybridized carbons (Fsp3) is 0.350. The molecule has 0 saturated heterocycles. The Morgan fingerprint density at radius 2 is 1.74 bits per heavy atom. The van der Waals surface area contributed by atoms with Gasteiger partial charge in [0.05, 0.1) is 0 Å². The molecule has 0 bridgehead atoms. The summed E-state index contributed by atoms with van der Waals surface area (Å²) in [6, 6.07) is 18.6. The minimum absolute atomic E-state index is 0.0414. The second-order valence-corrected chi connectivity index (χ2v) is 6.58. The molecule has 120 valence electrons. The summed E-state index contributed by atoms with van der Waals surface area (Å²) in [5, 5.41) is 3.11. The van der Waals surface area contributed by atoms with Crippen molar-refractivity contribution in [1.29, 1.82) is 0 Å². The molecule has 1 amide bonds. The second kappa shape index (κ2) is 6.55. The molecule has 1 unspecified atom stereocenters. The third kappa shape index (κ3) is 3.02. The maximum atomic E-state index is 12.3. The molecule has 3 heteroatoms. The molecule has 3 nitrogen and oxygen atoms in total. The van der Waals surface area contributed by atoms with E-state index in [1.54, 1.807) is 0 Å². The van der Waals surface area contributed by atoms with Gasteiger partial charge in [0.1, 0.15) is 0 Å². The molecule has 1 aliphatic heterocycles. The quantitative estimate of drug-likeness (QED) is 0.921. The van der Waals surface area contributed by atoms with Crippen LogP contribution in [0.2, 0.25) is 0 Å². The van der Waals surface area contributed by atoms with E-state index in [4.69, 9.17) is 0 Å². The van der Waals surface area contributed by atoms with E-state index < -0.39 is 0 Å². The highest BCUT2D eigenvalue weighted by molar-refractivity contribution is 5.97. The van der Waals surface area contributed by atoms with Gasteiger partial charge in [0.2, 0.25) is 0 Å². The molecule has 0 aliphatic carbocycles. The third-order valence-electron chi connectivity index (χ3n) is 4.77. The van der Waals surface area contributed by atoms with Crippen LogP contribution in [-0.4, -0.2) is 38.0 Å². The topological polar surface area (TPSA) is 32.3 Å². The van der Waals surface area contributed by atoms with Gasteiger partial charge in [-0.25, -0.2) is 0 Å². The first-order chi connectivity index (χ1) is 11.1. The minimum atomic E-state index is -0.137. The normalized spacial score (nSPS) is 20.2. The number of benzene rings is 2. The molecule has 2 aromatic rings. The molecule has 23 heavy (non-hydrogen) atoms. The summed E-state index contributed by atoms with van der Waals surface area (Å²) in [4.78, 5) is 14.5. The average Bonchev–Trinajstić information content (AvgIpc) is 2.58. The molecule has 0 saturated carbocycles. The van der Waals surface area contributed by atoms with Gasteiger partial charge in [0, 0.05) is 17.5 Å². The summed E-state index contributed by atoms with van der Waals surface area (Å²) in [5.41, 5.74) is 3.12. The fourth-order valence-corrected chi connectivity index (χ4v) is 3.60. The van der Waals surface area contributed by atoms with Crippen LogP contribution < -0.4 is 5.32 Å². The first-order valence-electron chi connectivity index (χ1n) is 8.21. The first kappa shape index (κ1) is 15.8. The maximum Gasteiger partial charge on any atom is 0.251 e. The van der Waals surface area contributed by atoms with E-state index >= 15 is 0 Å². The Hall–Kier alpha value is -2.13. The van der Waals surface area contributed by atoms with Gasteiger partial charge < -0.3 is 10.2 Å². The van der Waals surface area contributed by atoms with Crippen molar-refractivity contribution < 1.29 is 4.79 Å². The Morgan fingerprint density at radius 1 is 1.04 bits per heavy atom. The predicted molar refractivity (Wildman–Crippen MR) is 93.8 cm³/mol. The lowest BCUT2D eigenvalue weighted by Gasteiger charge is -2.40. The summed E-state index contributed by atoms with van der Waals surface area (Å²) in [7, 11) is 4.21. The second-order valence-electron chi connectivity index (χ2n) is 6.58. The van der Waals surface area contributed by atoms with E-state index in [0.717, 1.165) is 30.5 Å². The summed E-state index contributed by atoms with van der Waals surface area (Å²) in [6.45, 7) is 1.71. The highest BCUT2D eigenvalue weighted by Gasteiger charge is 2.40. The van der Waals surface area contributed by atoms with E-state index in [2.05, 4.69) is 54.6 Å². The molecule has 1 heterocycles. The van der Waals surface area contributed by atoms with Crippen LogP contribution in [0.4, 0.5) is 0 Å². The van der Waals surface area contributed by atoms with Gasteiger partial charge in [-0.2, -0.15) is 0 Å². The number of carbonyl (C=O) groups excluding carboxylic acids is 1. The molecule has 1 N–H and O–H groups in total. The Bertz CT molecular complexity index is 681. The number of fused-ring (bicyclic) bond motifs is 1. The van der Waals surface area contributed by atoms with Crippen LogP contribution in [0.1, 0.15) is 34.3 Å². The first-order valence-corrected chi connectivity index (χ1v) is 8.21. The van der Waals surface area contributed by atoms with E-state index in [1.807, 2.05) is 24.3 Å². The number of rotatable bonds is 5. The van der Waals surface area contributed by atoms with Gasteiger partial charge in [-0.1, -0.05) is 48.5 Å². The van der Waals surface area contributed by atoms with Gasteiger partial charge in [-0.05, 0) is 50.7 Å². The maximum absolute atomic E-state index is 12.3. The standard InChI is InChI=1S/C20H24N2O/c1-22(2)14-8-13-20(16-9-4-3-5-10-16)15-21-19(23)17-11-6-7-12-18(17)20/h3-7,9-12H,8,13-15H2,1-2H3,(H,21,23). The molecular weight excluding hydrogens is 284 g/mol. The van der Waals surface area contributed by atoms with Crippen LogP contribution in [0.15, 0.2) is 54.6 Å². The van der Waals surface area contributed by atoms with Crippen LogP contribution in [0.3, 0.4) is 0 Å². The van der Waals surface area contributed by atoms with E-state index in [9.17, 15) is 4.79 Å². The van der Waals surface area contributed by atoms with E-state index in [-0.39, 0.29) is 11.3 Å². The van der Waals surface area contributed by atoms with Crippen molar-refractivity contribution in [3.8, 4) is 0 Å². The lowest BCUT2D eigenvalue weighted by molar-refractivity contribution is 0.0928. The Labute approximate surface area is 138 Å². The van der Waals surface area contributed by atoms with Gasteiger partial charge in [-0.15, -0.1) is 0 Å². The van der Waals surface area contributed by atoms with Crippen molar-refractivity contribution >= 4 is 5.91 Å². The molecular formula is C20H24N2O. The zero-order valence-corrected chi connectivity index (χ0v) is 13.9. The summed E-state index contributed by atoms with van der Waals surface area (Å²) in [5.74, 6) is 0.0414. The van der Waals surface area contributed by atoms with Crippen molar-refractivity contribution in [2.24, 2.45) is 0 Å². The third-order valence-corrected chi connectivity index (χ3v) is 4.77. The number of nitrogens with zero attached hydrogens (tertiary/aromatic N) is 1. The average molecular weight is 308 g/mol. The van der Waals surface area contributed by atoms with Crippen molar-refractivity contribution in [2.75, 3.05) is 27.2 Å². The molecule has 1 aliphatic rings. The predicted octanol–water partition coefficient (Wildman–Crippen LogP) is 3.06. The summed E-state index contributed by atoms with van der Waals surface area (Å²) < 4.78 is 0. The number of carbonyl (C=O) groups is 1. The number of nitrogens with one attached hydrogen (secondary N) is 1. The summed E-state index contributed by atoms with van der Waals surface area (Å²) >= 11 is 0.